The van der Waals surface area contributed by atoms with Gasteiger partial charge in [0.2, 0.25) is 11.8 Å². The number of likely N-dealkylation sites (N-methyl/N-ethyl adjacent to an activating group) is 1. The molecule has 2 atom stereocenters. The molecule has 8 heteroatoms. The van der Waals surface area contributed by atoms with Crippen LogP contribution in [0, 0.1) is 0 Å². The summed E-state index contributed by atoms with van der Waals surface area (Å²) >= 11 is 0. The van der Waals surface area contributed by atoms with Gasteiger partial charge in [-0.3, -0.25) is 9.69 Å². The van der Waals surface area contributed by atoms with Crippen LogP contribution in [0.1, 0.15) is 25.6 Å². The maximum absolute atomic E-state index is 12.4. The predicted molar refractivity (Wildman–Crippen MR) is 82.8 cm³/mol. The van der Waals surface area contributed by atoms with Crippen LogP contribution in [0.3, 0.4) is 0 Å². The van der Waals surface area contributed by atoms with Gasteiger partial charge in [0.1, 0.15) is 0 Å². The lowest BCUT2D eigenvalue weighted by molar-refractivity contribution is -0.144. The second-order valence-corrected chi connectivity index (χ2v) is 6.08. The van der Waals surface area contributed by atoms with Gasteiger partial charge in [-0.2, -0.15) is 4.98 Å². The number of ether oxygens (including phenoxy) is 2. The van der Waals surface area contributed by atoms with Crippen molar-refractivity contribution in [1.29, 1.82) is 0 Å². The Hall–Kier alpha value is -1.51. The molecule has 2 heterocycles. The Balaban J connectivity index is 1.80. The zero-order valence-corrected chi connectivity index (χ0v) is 14.3. The smallest absolute Gasteiger partial charge is 0.240 e. The summed E-state index contributed by atoms with van der Waals surface area (Å²) in [5.74, 6) is 1.22. The molecule has 8 nitrogen and oxygen atoms in total. The van der Waals surface area contributed by atoms with E-state index in [9.17, 15) is 4.79 Å². The monoisotopic (exact) mass is 326 g/mol. The second-order valence-electron chi connectivity index (χ2n) is 6.08. The SMILES string of the molecule is COCCc1noc(CN(C)CC(=O)N2C[C@@H](C)O[C@@H](C)C2)n1. The van der Waals surface area contributed by atoms with E-state index in [-0.39, 0.29) is 18.1 Å². The summed E-state index contributed by atoms with van der Waals surface area (Å²) in [7, 11) is 3.50. The molecular weight excluding hydrogens is 300 g/mol. The first-order valence-electron chi connectivity index (χ1n) is 7.90. The number of amides is 1. The summed E-state index contributed by atoms with van der Waals surface area (Å²) in [6, 6.07) is 0. The van der Waals surface area contributed by atoms with Crippen LogP contribution in [0.4, 0.5) is 0 Å². The molecule has 23 heavy (non-hydrogen) atoms. The van der Waals surface area contributed by atoms with Crippen molar-refractivity contribution in [3.05, 3.63) is 11.7 Å². The third-order valence-electron chi connectivity index (χ3n) is 3.62. The molecular formula is C15H26N4O4. The van der Waals surface area contributed by atoms with Gasteiger partial charge in [0, 0.05) is 26.6 Å². The first-order valence-corrected chi connectivity index (χ1v) is 7.90. The van der Waals surface area contributed by atoms with E-state index >= 15 is 0 Å². The number of methoxy groups -OCH3 is 1. The Morgan fingerprint density at radius 1 is 1.39 bits per heavy atom. The van der Waals surface area contributed by atoms with Gasteiger partial charge in [0.05, 0.1) is 31.9 Å². The molecule has 0 bridgehead atoms. The second kappa shape index (κ2) is 8.37. The largest absolute Gasteiger partial charge is 0.384 e. The van der Waals surface area contributed by atoms with Gasteiger partial charge in [0.15, 0.2) is 5.82 Å². The Kier molecular flexibility index (Phi) is 6.49. The van der Waals surface area contributed by atoms with E-state index in [0.29, 0.717) is 50.9 Å². The molecule has 0 spiro atoms. The summed E-state index contributed by atoms with van der Waals surface area (Å²) in [5.41, 5.74) is 0. The minimum Gasteiger partial charge on any atom is -0.384 e. The molecule has 1 fully saturated rings. The van der Waals surface area contributed by atoms with E-state index in [1.54, 1.807) is 7.11 Å². The predicted octanol–water partition coefficient (Wildman–Crippen LogP) is 0.326. The minimum atomic E-state index is 0.0762. The van der Waals surface area contributed by atoms with E-state index in [4.69, 9.17) is 14.0 Å². The fraction of sp³-hybridized carbons (Fsp3) is 0.800. The van der Waals surface area contributed by atoms with Crippen LogP contribution < -0.4 is 0 Å². The number of aromatic nitrogens is 2. The first-order chi connectivity index (χ1) is 11.0. The molecule has 1 amide bonds. The van der Waals surface area contributed by atoms with Crippen molar-refractivity contribution in [1.82, 2.24) is 19.9 Å². The molecule has 0 saturated carbocycles. The highest BCUT2D eigenvalue weighted by atomic mass is 16.5. The quantitative estimate of drug-likeness (QED) is 0.714. The number of morpholine rings is 1. The first kappa shape index (κ1) is 17.8. The molecule has 1 saturated heterocycles. The van der Waals surface area contributed by atoms with Crippen molar-refractivity contribution in [2.45, 2.75) is 39.0 Å². The molecule has 0 aromatic carbocycles. The molecule has 0 aliphatic carbocycles. The number of carbonyl (C=O) groups is 1. The van der Waals surface area contributed by atoms with Gasteiger partial charge >= 0.3 is 0 Å². The number of nitrogens with zero attached hydrogens (tertiary/aromatic N) is 4. The fourth-order valence-electron chi connectivity index (χ4n) is 2.65. The van der Waals surface area contributed by atoms with Crippen LogP contribution in [0.15, 0.2) is 4.52 Å². The third kappa shape index (κ3) is 5.56. The Morgan fingerprint density at radius 3 is 2.74 bits per heavy atom. The van der Waals surface area contributed by atoms with Crippen LogP contribution >= 0.6 is 0 Å². The maximum atomic E-state index is 12.4. The minimum absolute atomic E-state index is 0.0762. The number of rotatable bonds is 7. The summed E-state index contributed by atoms with van der Waals surface area (Å²) < 4.78 is 15.8. The maximum Gasteiger partial charge on any atom is 0.240 e. The molecule has 1 aromatic rings. The normalized spacial score (nSPS) is 21.9. The highest BCUT2D eigenvalue weighted by Crippen LogP contribution is 2.11. The number of hydrogen-bond donors (Lipinski definition) is 0. The van der Waals surface area contributed by atoms with Crippen LogP contribution in [-0.4, -0.2) is 78.5 Å². The molecule has 1 aromatic heterocycles. The van der Waals surface area contributed by atoms with Gasteiger partial charge in [-0.1, -0.05) is 5.16 Å². The van der Waals surface area contributed by atoms with Crippen molar-refractivity contribution in [2.24, 2.45) is 0 Å². The average molecular weight is 326 g/mol. The molecule has 130 valence electrons. The van der Waals surface area contributed by atoms with Crippen molar-refractivity contribution in [2.75, 3.05) is 40.4 Å². The van der Waals surface area contributed by atoms with Gasteiger partial charge < -0.3 is 18.9 Å². The van der Waals surface area contributed by atoms with Gasteiger partial charge in [-0.05, 0) is 20.9 Å². The van der Waals surface area contributed by atoms with Crippen molar-refractivity contribution in [3.63, 3.8) is 0 Å². The van der Waals surface area contributed by atoms with Gasteiger partial charge in [-0.25, -0.2) is 0 Å². The standard InChI is InChI=1S/C15H26N4O4/c1-11-7-19(8-12(2)22-11)15(20)10-18(3)9-14-16-13(17-23-14)5-6-21-4/h11-12H,5-10H2,1-4H3/t11-,12+. The highest BCUT2D eigenvalue weighted by Gasteiger charge is 2.26. The molecule has 2 rings (SSSR count). The lowest BCUT2D eigenvalue weighted by atomic mass is 10.2. The molecule has 0 radical (unpaired) electrons. The van der Waals surface area contributed by atoms with Crippen LogP contribution in [0.5, 0.6) is 0 Å². The van der Waals surface area contributed by atoms with E-state index in [2.05, 4.69) is 10.1 Å². The van der Waals surface area contributed by atoms with E-state index < -0.39 is 0 Å². The number of carbonyl (C=O) groups excluding carboxylic acids is 1. The van der Waals surface area contributed by atoms with Crippen molar-refractivity contribution >= 4 is 5.91 Å². The van der Waals surface area contributed by atoms with E-state index in [1.165, 1.54) is 0 Å². The zero-order chi connectivity index (χ0) is 16.8. The summed E-state index contributed by atoms with van der Waals surface area (Å²) in [6.45, 7) is 6.56. The lowest BCUT2D eigenvalue weighted by Crippen LogP contribution is -2.50. The molecule has 0 unspecified atom stereocenters. The Bertz CT molecular complexity index is 497. The average Bonchev–Trinajstić information content (AvgIpc) is 2.91. The van der Waals surface area contributed by atoms with Crippen molar-refractivity contribution in [3.8, 4) is 0 Å². The summed E-state index contributed by atoms with van der Waals surface area (Å²) in [5, 5.41) is 3.89. The summed E-state index contributed by atoms with van der Waals surface area (Å²) in [4.78, 5) is 20.4. The van der Waals surface area contributed by atoms with Crippen LogP contribution in [0.25, 0.3) is 0 Å². The van der Waals surface area contributed by atoms with E-state index in [1.807, 2.05) is 30.7 Å². The molecule has 1 aliphatic rings. The fourth-order valence-corrected chi connectivity index (χ4v) is 2.65. The Labute approximate surface area is 136 Å². The summed E-state index contributed by atoms with van der Waals surface area (Å²) in [6.07, 6.45) is 0.770. The van der Waals surface area contributed by atoms with Crippen molar-refractivity contribution < 1.29 is 18.8 Å². The molecule has 0 N–H and O–H groups in total. The number of hydrogen-bond acceptors (Lipinski definition) is 7. The van der Waals surface area contributed by atoms with Crippen LogP contribution in [0.2, 0.25) is 0 Å². The lowest BCUT2D eigenvalue weighted by Gasteiger charge is -2.36. The van der Waals surface area contributed by atoms with Gasteiger partial charge in [-0.15, -0.1) is 0 Å². The Morgan fingerprint density at radius 2 is 2.09 bits per heavy atom. The van der Waals surface area contributed by atoms with Gasteiger partial charge in [0.25, 0.3) is 0 Å². The topological polar surface area (TPSA) is 80.9 Å². The van der Waals surface area contributed by atoms with Crippen LogP contribution in [-0.2, 0) is 27.2 Å². The van der Waals surface area contributed by atoms with E-state index in [0.717, 1.165) is 0 Å². The highest BCUT2D eigenvalue weighted by molar-refractivity contribution is 5.78. The molecule has 1 aliphatic heterocycles. The third-order valence-corrected chi connectivity index (χ3v) is 3.62. The zero-order valence-electron chi connectivity index (χ0n) is 14.3.